The molecule has 1 aliphatic rings. The fourth-order valence-electron chi connectivity index (χ4n) is 8.16. The zero-order chi connectivity index (χ0) is 34.2. The molecule has 0 aliphatic carbocycles. The predicted octanol–water partition coefficient (Wildman–Crippen LogP) is 11.3. The molecule has 0 amide bonds. The minimum atomic E-state index is -0.412. The molecule has 3 heterocycles. The number of furan rings is 1. The molecule has 5 nitrogen and oxygen atoms in total. The molecule has 10 aromatic rings. The van der Waals surface area contributed by atoms with Crippen molar-refractivity contribution in [1.29, 1.82) is 0 Å². The molecule has 0 saturated carbocycles. The van der Waals surface area contributed by atoms with Gasteiger partial charge in [-0.05, 0) is 58.1 Å². The first-order valence-corrected chi connectivity index (χ1v) is 17.8. The summed E-state index contributed by atoms with van der Waals surface area (Å²) in [5, 5.41) is 16.9. The van der Waals surface area contributed by atoms with Crippen molar-refractivity contribution < 1.29 is 4.42 Å². The normalized spacial score (nSPS) is 16.3. The van der Waals surface area contributed by atoms with Gasteiger partial charge < -0.3 is 14.3 Å². The van der Waals surface area contributed by atoms with Crippen LogP contribution >= 0.6 is 0 Å². The van der Waals surface area contributed by atoms with Crippen molar-refractivity contribution >= 4 is 71.1 Å². The van der Waals surface area contributed by atoms with E-state index in [9.17, 15) is 0 Å². The van der Waals surface area contributed by atoms with Gasteiger partial charge in [0.1, 0.15) is 29.3 Å². The molecule has 11 rings (SSSR count). The van der Waals surface area contributed by atoms with Crippen molar-refractivity contribution in [3.8, 4) is 5.69 Å². The minimum Gasteiger partial charge on any atom is -0.455 e. The summed E-state index contributed by atoms with van der Waals surface area (Å²) in [7, 11) is 0. The van der Waals surface area contributed by atoms with E-state index in [1.54, 1.807) is 0 Å². The fraction of sp³-hybridized carbons (Fsp3) is 0.0426. The van der Waals surface area contributed by atoms with E-state index >= 15 is 0 Å². The average molecular weight is 669 g/mol. The summed E-state index contributed by atoms with van der Waals surface area (Å²) in [6.07, 6.45) is -0.590. The topological polar surface area (TPSA) is 54.5 Å². The van der Waals surface area contributed by atoms with Crippen molar-refractivity contribution in [2.45, 2.75) is 12.3 Å². The lowest BCUT2D eigenvalue weighted by Gasteiger charge is -2.32. The van der Waals surface area contributed by atoms with Gasteiger partial charge in [0, 0.05) is 43.7 Å². The molecule has 0 saturated heterocycles. The Balaban J connectivity index is 1.23. The zero-order valence-corrected chi connectivity index (χ0v) is 28.1. The lowest BCUT2D eigenvalue weighted by molar-refractivity contribution is 0.408. The summed E-state index contributed by atoms with van der Waals surface area (Å²) < 4.78 is 9.41. The van der Waals surface area contributed by atoms with Crippen molar-refractivity contribution in [1.82, 2.24) is 15.2 Å². The third-order valence-electron chi connectivity index (χ3n) is 10.6. The second-order valence-corrected chi connectivity index (χ2v) is 13.6. The molecular weight excluding hydrogens is 637 g/mol. The highest BCUT2D eigenvalue weighted by Gasteiger charge is 2.29. The first-order valence-electron chi connectivity index (χ1n) is 17.8. The van der Waals surface area contributed by atoms with Crippen LogP contribution in [-0.4, -0.2) is 10.4 Å². The maximum absolute atomic E-state index is 7.00. The molecule has 5 heteroatoms. The van der Waals surface area contributed by atoms with E-state index in [0.29, 0.717) is 0 Å². The number of amidine groups is 1. The van der Waals surface area contributed by atoms with Crippen LogP contribution in [0.4, 0.5) is 0 Å². The van der Waals surface area contributed by atoms with Crippen molar-refractivity contribution in [2.24, 2.45) is 4.99 Å². The molecule has 0 radical (unpaired) electrons. The van der Waals surface area contributed by atoms with E-state index in [0.717, 1.165) is 72.0 Å². The molecule has 246 valence electrons. The van der Waals surface area contributed by atoms with Gasteiger partial charge in [-0.1, -0.05) is 133 Å². The number of nitrogens with one attached hydrogen (secondary N) is 2. The minimum absolute atomic E-state index is 0.178. The van der Waals surface area contributed by atoms with Gasteiger partial charge in [0.15, 0.2) is 0 Å². The lowest BCUT2D eigenvalue weighted by Crippen LogP contribution is -2.45. The first kappa shape index (κ1) is 29.1. The van der Waals surface area contributed by atoms with Crippen molar-refractivity contribution in [3.63, 3.8) is 0 Å². The maximum atomic E-state index is 7.00. The third-order valence-corrected chi connectivity index (χ3v) is 10.6. The highest BCUT2D eigenvalue weighted by atomic mass is 16.3. The molecule has 52 heavy (non-hydrogen) atoms. The first-order chi connectivity index (χ1) is 25.8. The quantitative estimate of drug-likeness (QED) is 0.196. The Labute approximate surface area is 299 Å². The third kappa shape index (κ3) is 4.50. The number of aliphatic imine (C=N–C) groups is 1. The molecule has 1 aliphatic heterocycles. The Morgan fingerprint density at radius 3 is 2.02 bits per heavy atom. The Hall–Kier alpha value is -6.69. The largest absolute Gasteiger partial charge is 0.455 e. The van der Waals surface area contributed by atoms with Crippen molar-refractivity contribution in [2.75, 3.05) is 0 Å². The summed E-state index contributed by atoms with van der Waals surface area (Å²) in [6, 6.07) is 60.3. The summed E-state index contributed by atoms with van der Waals surface area (Å²) in [5.74, 6) is 0.835. The highest BCUT2D eigenvalue weighted by Crippen LogP contribution is 2.42. The molecule has 2 aromatic heterocycles. The molecule has 0 spiro atoms. The number of hydrogen-bond donors (Lipinski definition) is 2. The average Bonchev–Trinajstić information content (AvgIpc) is 3.75. The van der Waals surface area contributed by atoms with E-state index in [4.69, 9.17) is 9.41 Å². The van der Waals surface area contributed by atoms with E-state index in [1.807, 2.05) is 6.07 Å². The number of nitrogens with zero attached hydrogens (tertiary/aromatic N) is 2. The Morgan fingerprint density at radius 2 is 1.19 bits per heavy atom. The molecule has 0 fully saturated rings. The zero-order valence-electron chi connectivity index (χ0n) is 28.1. The van der Waals surface area contributed by atoms with Crippen LogP contribution in [0.2, 0.25) is 0 Å². The van der Waals surface area contributed by atoms with Crippen LogP contribution in [0.15, 0.2) is 179 Å². The number of hydrogen-bond acceptors (Lipinski definition) is 4. The van der Waals surface area contributed by atoms with E-state index in [1.165, 1.54) is 21.5 Å². The summed E-state index contributed by atoms with van der Waals surface area (Å²) in [6.45, 7) is 0. The van der Waals surface area contributed by atoms with Crippen LogP contribution in [0.3, 0.4) is 0 Å². The Kier molecular flexibility index (Phi) is 6.39. The second kappa shape index (κ2) is 11.4. The van der Waals surface area contributed by atoms with Crippen molar-refractivity contribution in [3.05, 3.63) is 187 Å². The monoisotopic (exact) mass is 668 g/mol. The maximum Gasteiger partial charge on any atom is 0.143 e. The smallest absolute Gasteiger partial charge is 0.143 e. The van der Waals surface area contributed by atoms with Gasteiger partial charge in [-0.3, -0.25) is 5.32 Å². The molecular formula is C47H32N4O. The second-order valence-electron chi connectivity index (χ2n) is 13.6. The van der Waals surface area contributed by atoms with Crippen LogP contribution in [0.5, 0.6) is 0 Å². The van der Waals surface area contributed by atoms with Gasteiger partial charge >= 0.3 is 0 Å². The van der Waals surface area contributed by atoms with Gasteiger partial charge in [0.25, 0.3) is 0 Å². The highest BCUT2D eigenvalue weighted by molar-refractivity contribution is 6.17. The molecule has 8 aromatic carbocycles. The lowest BCUT2D eigenvalue weighted by atomic mass is 10.0. The number of benzene rings is 8. The number of fused-ring (bicyclic) bond motifs is 9. The van der Waals surface area contributed by atoms with Gasteiger partial charge in [0.2, 0.25) is 0 Å². The number of aromatic nitrogens is 1. The van der Waals surface area contributed by atoms with E-state index in [-0.39, 0.29) is 6.17 Å². The SMILES string of the molecule is c1ccc(C2=NC(c3cc(-n4c5ccccc5c5cc6ccccc6cc54)cc4c3oc3c5ccccc5ccc43)NC(c3ccccc3)N2)cc1. The van der Waals surface area contributed by atoms with Gasteiger partial charge in [0.05, 0.1) is 11.0 Å². The van der Waals surface area contributed by atoms with Gasteiger partial charge in [-0.15, -0.1) is 0 Å². The molecule has 0 bridgehead atoms. The standard InChI is InChI=1S/C47H32N4O/c1-3-14-30(15-4-1)45-48-46(31-16-5-2-6-17-31)50-47(49-45)40-28-34(27-39-37-24-23-29-13-9-10-20-35(29)43(37)52-44(39)40)51-41-22-12-11-21-36(41)38-25-32-18-7-8-19-33(32)26-42(38)51/h1-28,45,47,49H,(H,48,50). The summed E-state index contributed by atoms with van der Waals surface area (Å²) in [4.78, 5) is 5.39. The Morgan fingerprint density at radius 1 is 0.500 bits per heavy atom. The van der Waals surface area contributed by atoms with Crippen LogP contribution in [-0.2, 0) is 0 Å². The van der Waals surface area contributed by atoms with E-state index < -0.39 is 6.17 Å². The van der Waals surface area contributed by atoms with Crippen LogP contribution in [0.25, 0.3) is 71.0 Å². The molecule has 2 unspecified atom stereocenters. The molecule has 2 atom stereocenters. The summed E-state index contributed by atoms with van der Waals surface area (Å²) >= 11 is 0. The van der Waals surface area contributed by atoms with Gasteiger partial charge in [-0.2, -0.15) is 0 Å². The van der Waals surface area contributed by atoms with Crippen LogP contribution < -0.4 is 10.6 Å². The Bertz CT molecular complexity index is 3030. The van der Waals surface area contributed by atoms with Crippen LogP contribution in [0.1, 0.15) is 29.0 Å². The molecule has 2 N–H and O–H groups in total. The van der Waals surface area contributed by atoms with Crippen LogP contribution in [0, 0.1) is 0 Å². The predicted molar refractivity (Wildman–Crippen MR) is 214 cm³/mol. The number of para-hydroxylation sites is 1. The summed E-state index contributed by atoms with van der Waals surface area (Å²) in [5.41, 5.74) is 8.26. The number of rotatable bonds is 4. The van der Waals surface area contributed by atoms with E-state index in [2.05, 4.69) is 179 Å². The fourth-order valence-corrected chi connectivity index (χ4v) is 8.16. The van der Waals surface area contributed by atoms with Gasteiger partial charge in [-0.25, -0.2) is 4.99 Å².